The van der Waals surface area contributed by atoms with Crippen LogP contribution in [0.5, 0.6) is 0 Å². The molecule has 0 fully saturated rings. The van der Waals surface area contributed by atoms with E-state index in [4.69, 9.17) is 0 Å². The molecule has 0 saturated carbocycles. The van der Waals surface area contributed by atoms with Gasteiger partial charge in [0.2, 0.25) is 0 Å². The highest BCUT2D eigenvalue weighted by atomic mass is 15.4. The van der Waals surface area contributed by atoms with Crippen molar-refractivity contribution in [3.8, 4) is 0 Å². The Morgan fingerprint density at radius 3 is 1.95 bits per heavy atom. The molecule has 1 heterocycles. The van der Waals surface area contributed by atoms with Crippen molar-refractivity contribution in [2.24, 2.45) is 0 Å². The van der Waals surface area contributed by atoms with Gasteiger partial charge in [0, 0.05) is 58.1 Å². The third-order valence-electron chi connectivity index (χ3n) is 4.67. The van der Waals surface area contributed by atoms with Gasteiger partial charge in [-0.1, -0.05) is 0 Å². The Hall–Kier alpha value is -1.94. The Balaban J connectivity index is 2.51. The molecular formula is C18H27N4+. The molecule has 0 bridgehead atoms. The lowest BCUT2D eigenvalue weighted by Gasteiger charge is -2.41. The summed E-state index contributed by atoms with van der Waals surface area (Å²) in [5.41, 5.74) is 5.29. The highest BCUT2D eigenvalue weighted by Gasteiger charge is 2.33. The fraction of sp³-hybridized carbons (Fsp3) is 0.444. The zero-order valence-electron chi connectivity index (χ0n) is 14.8. The Morgan fingerprint density at radius 1 is 0.864 bits per heavy atom. The summed E-state index contributed by atoms with van der Waals surface area (Å²) in [4.78, 5) is 6.79. The minimum Gasteiger partial charge on any atom is -0.377 e. The molecule has 0 N–H and O–H groups in total. The number of anilines is 3. The molecule has 0 unspecified atom stereocenters. The first-order valence-corrected chi connectivity index (χ1v) is 7.73. The molecule has 0 aromatic heterocycles. The maximum absolute atomic E-state index is 2.37. The Kier molecular flexibility index (Phi) is 3.25. The van der Waals surface area contributed by atoms with Crippen molar-refractivity contribution in [3.05, 3.63) is 24.3 Å². The molecule has 0 spiro atoms. The van der Waals surface area contributed by atoms with Crippen molar-refractivity contribution in [3.63, 3.8) is 0 Å². The van der Waals surface area contributed by atoms with Crippen LogP contribution >= 0.6 is 0 Å². The molecule has 0 saturated heterocycles. The van der Waals surface area contributed by atoms with Crippen LogP contribution in [0.1, 0.15) is 0 Å². The lowest BCUT2D eigenvalue weighted by Crippen LogP contribution is -2.50. The Morgan fingerprint density at radius 2 is 1.41 bits per heavy atom. The molecule has 1 aliphatic heterocycles. The maximum atomic E-state index is 2.37. The molecule has 0 atom stereocenters. The summed E-state index contributed by atoms with van der Waals surface area (Å²) in [6, 6.07) is 9.07. The van der Waals surface area contributed by atoms with Crippen molar-refractivity contribution in [2.45, 2.75) is 0 Å². The minimum atomic E-state index is 0.880. The van der Waals surface area contributed by atoms with Gasteiger partial charge < -0.3 is 14.7 Å². The van der Waals surface area contributed by atoms with Crippen LogP contribution < -0.4 is 19.2 Å². The van der Waals surface area contributed by atoms with Crippen LogP contribution in [0.15, 0.2) is 24.3 Å². The van der Waals surface area contributed by atoms with E-state index >= 15 is 0 Å². The molecular weight excluding hydrogens is 272 g/mol. The van der Waals surface area contributed by atoms with Crippen LogP contribution in [-0.4, -0.2) is 56.0 Å². The SMILES string of the molecule is CN(C)c1ccc2c3c(ccc(N(C)C)c13)[N+](C)(C)CN2C. The quantitative estimate of drug-likeness (QED) is 0.790. The van der Waals surface area contributed by atoms with Crippen LogP contribution in [0.4, 0.5) is 22.7 Å². The van der Waals surface area contributed by atoms with Crippen LogP contribution in [0.3, 0.4) is 0 Å². The molecule has 2 aromatic rings. The van der Waals surface area contributed by atoms with Crippen molar-refractivity contribution in [1.82, 2.24) is 4.48 Å². The minimum absolute atomic E-state index is 0.880. The summed E-state index contributed by atoms with van der Waals surface area (Å²) < 4.78 is 0.880. The van der Waals surface area contributed by atoms with Crippen LogP contribution in [0, 0.1) is 0 Å². The van der Waals surface area contributed by atoms with E-state index in [1.165, 1.54) is 33.5 Å². The molecule has 0 radical (unpaired) electrons. The third-order valence-corrected chi connectivity index (χ3v) is 4.67. The second-order valence-corrected chi connectivity index (χ2v) is 7.27. The van der Waals surface area contributed by atoms with Crippen molar-refractivity contribution in [2.75, 3.05) is 70.7 Å². The fourth-order valence-electron chi connectivity index (χ4n) is 3.67. The third kappa shape index (κ3) is 2.02. The van der Waals surface area contributed by atoms with E-state index in [-0.39, 0.29) is 0 Å². The number of nitrogens with zero attached hydrogens (tertiary/aromatic N) is 4. The van der Waals surface area contributed by atoms with Gasteiger partial charge >= 0.3 is 0 Å². The van der Waals surface area contributed by atoms with Crippen LogP contribution in [0.2, 0.25) is 0 Å². The summed E-state index contributed by atoms with van der Waals surface area (Å²) in [5.74, 6) is 0. The largest absolute Gasteiger partial charge is 0.377 e. The zero-order valence-corrected chi connectivity index (χ0v) is 14.8. The van der Waals surface area contributed by atoms with E-state index < -0.39 is 0 Å². The lowest BCUT2D eigenvalue weighted by molar-refractivity contribution is 0.398. The van der Waals surface area contributed by atoms with Gasteiger partial charge in [-0.2, -0.15) is 0 Å². The highest BCUT2D eigenvalue weighted by molar-refractivity contribution is 6.15. The van der Waals surface area contributed by atoms with E-state index in [2.05, 4.69) is 88.3 Å². The molecule has 0 amide bonds. The summed E-state index contributed by atoms with van der Waals surface area (Å²) in [5, 5.41) is 2.74. The molecule has 22 heavy (non-hydrogen) atoms. The first-order chi connectivity index (χ1) is 10.2. The van der Waals surface area contributed by atoms with Gasteiger partial charge in [-0.3, -0.25) is 4.48 Å². The van der Waals surface area contributed by atoms with Gasteiger partial charge in [0.1, 0.15) is 5.69 Å². The second-order valence-electron chi connectivity index (χ2n) is 7.27. The van der Waals surface area contributed by atoms with Gasteiger partial charge in [0.25, 0.3) is 0 Å². The summed E-state index contributed by atoms with van der Waals surface area (Å²) in [6.45, 7) is 0.991. The normalized spacial score (nSPS) is 16.0. The highest BCUT2D eigenvalue weighted by Crippen LogP contribution is 2.47. The molecule has 4 nitrogen and oxygen atoms in total. The van der Waals surface area contributed by atoms with Crippen LogP contribution in [-0.2, 0) is 0 Å². The Labute approximate surface area is 133 Å². The molecule has 118 valence electrons. The average molecular weight is 299 g/mol. The summed E-state index contributed by atoms with van der Waals surface area (Å²) in [7, 11) is 15.2. The lowest BCUT2D eigenvalue weighted by atomic mass is 9.98. The first-order valence-electron chi connectivity index (χ1n) is 7.73. The first kappa shape index (κ1) is 15.0. The number of hydrogen-bond donors (Lipinski definition) is 0. The van der Waals surface area contributed by atoms with Crippen LogP contribution in [0.25, 0.3) is 10.8 Å². The maximum Gasteiger partial charge on any atom is 0.158 e. The number of quaternary nitrogens is 1. The van der Waals surface area contributed by atoms with Crippen molar-refractivity contribution < 1.29 is 0 Å². The second kappa shape index (κ2) is 4.78. The zero-order chi connectivity index (χ0) is 16.2. The molecule has 0 aliphatic carbocycles. The van der Waals surface area contributed by atoms with Gasteiger partial charge in [0.05, 0.1) is 25.2 Å². The molecule has 1 aliphatic rings. The van der Waals surface area contributed by atoms with E-state index in [0.29, 0.717) is 0 Å². The smallest absolute Gasteiger partial charge is 0.158 e. The van der Waals surface area contributed by atoms with E-state index in [0.717, 1.165) is 11.2 Å². The topological polar surface area (TPSA) is 9.72 Å². The van der Waals surface area contributed by atoms with E-state index in [9.17, 15) is 0 Å². The van der Waals surface area contributed by atoms with E-state index in [1.54, 1.807) is 0 Å². The standard InChI is InChI=1S/C18H27N4/c1-19(2)13-8-9-15-18-16(22(6,7)12-21(15)5)11-10-14(17(13)18)20(3)4/h8-11H,12H2,1-7H3/q+1. The number of hydrogen-bond acceptors (Lipinski definition) is 3. The van der Waals surface area contributed by atoms with Gasteiger partial charge in [0.15, 0.2) is 6.67 Å². The molecule has 3 rings (SSSR count). The van der Waals surface area contributed by atoms with Gasteiger partial charge in [-0.05, 0) is 18.2 Å². The summed E-state index contributed by atoms with van der Waals surface area (Å²) >= 11 is 0. The molecule has 2 aromatic carbocycles. The monoisotopic (exact) mass is 299 g/mol. The average Bonchev–Trinajstić information content (AvgIpc) is 2.42. The van der Waals surface area contributed by atoms with Crippen molar-refractivity contribution >= 4 is 33.5 Å². The summed E-state index contributed by atoms with van der Waals surface area (Å²) in [6.07, 6.45) is 0. The predicted molar refractivity (Wildman–Crippen MR) is 99.5 cm³/mol. The van der Waals surface area contributed by atoms with E-state index in [1.807, 2.05) is 0 Å². The van der Waals surface area contributed by atoms with Gasteiger partial charge in [-0.15, -0.1) is 0 Å². The van der Waals surface area contributed by atoms with Crippen molar-refractivity contribution in [1.29, 1.82) is 0 Å². The molecule has 4 heteroatoms. The predicted octanol–water partition coefficient (Wildman–Crippen LogP) is 2.95. The number of benzene rings is 2. The number of rotatable bonds is 2. The van der Waals surface area contributed by atoms with Gasteiger partial charge in [-0.25, -0.2) is 0 Å². The fourth-order valence-corrected chi connectivity index (χ4v) is 3.67. The Bertz CT molecular complexity index is 700.